The first kappa shape index (κ1) is 20.1. The van der Waals surface area contributed by atoms with E-state index in [0.717, 1.165) is 44.5 Å². The van der Waals surface area contributed by atoms with E-state index in [1.807, 2.05) is 23.2 Å². The topological polar surface area (TPSA) is 54.5 Å². The van der Waals surface area contributed by atoms with Gasteiger partial charge in [0.25, 0.3) is 0 Å². The smallest absolute Gasteiger partial charge is 0.248 e. The lowest BCUT2D eigenvalue weighted by Gasteiger charge is -2.27. The third-order valence-electron chi connectivity index (χ3n) is 5.08. The molecule has 2 heterocycles. The number of rotatable bonds is 7. The van der Waals surface area contributed by atoms with E-state index in [-0.39, 0.29) is 31.0 Å². The molecule has 0 bridgehead atoms. The molecule has 6 heteroatoms. The molecule has 1 saturated heterocycles. The van der Waals surface area contributed by atoms with E-state index in [1.54, 1.807) is 6.20 Å². The number of ether oxygens (including phenoxy) is 1. The second kappa shape index (κ2) is 10.7. The third-order valence-corrected chi connectivity index (χ3v) is 5.08. The second-order valence-electron chi connectivity index (χ2n) is 7.07. The monoisotopic (exact) mass is 367 g/mol. The highest BCUT2D eigenvalue weighted by molar-refractivity contribution is 5.85. The summed E-state index contributed by atoms with van der Waals surface area (Å²) in [6.45, 7) is 3.69. The van der Waals surface area contributed by atoms with E-state index in [4.69, 9.17) is 4.74 Å². The number of carbonyl (C=O) groups excluding carboxylic acids is 1. The highest BCUT2D eigenvalue weighted by atomic mass is 35.5. The van der Waals surface area contributed by atoms with Crippen molar-refractivity contribution < 1.29 is 9.53 Å². The van der Waals surface area contributed by atoms with E-state index < -0.39 is 0 Å². The van der Waals surface area contributed by atoms with Gasteiger partial charge in [-0.2, -0.15) is 0 Å². The lowest BCUT2D eigenvalue weighted by Crippen LogP contribution is -2.38. The molecule has 1 aliphatic heterocycles. The molecule has 1 aliphatic carbocycles. The van der Waals surface area contributed by atoms with E-state index in [1.165, 1.54) is 19.3 Å². The van der Waals surface area contributed by atoms with Gasteiger partial charge in [-0.25, -0.2) is 0 Å². The van der Waals surface area contributed by atoms with Gasteiger partial charge in [0.05, 0.1) is 6.10 Å². The normalized spacial score (nSPS) is 20.9. The fourth-order valence-electron chi connectivity index (χ4n) is 3.66. The van der Waals surface area contributed by atoms with E-state index in [0.29, 0.717) is 12.5 Å². The molecule has 1 aromatic heterocycles. The van der Waals surface area contributed by atoms with Gasteiger partial charge < -0.3 is 15.0 Å². The minimum Gasteiger partial charge on any atom is -0.368 e. The lowest BCUT2D eigenvalue weighted by molar-refractivity contribution is -0.140. The Hall–Kier alpha value is -1.17. The zero-order chi connectivity index (χ0) is 16.6. The van der Waals surface area contributed by atoms with Gasteiger partial charge in [0, 0.05) is 25.5 Å². The Bertz CT molecular complexity index is 503. The Labute approximate surface area is 156 Å². The molecule has 25 heavy (non-hydrogen) atoms. The van der Waals surface area contributed by atoms with Gasteiger partial charge in [0.2, 0.25) is 5.91 Å². The van der Waals surface area contributed by atoms with Gasteiger partial charge in [-0.15, -0.1) is 12.4 Å². The molecule has 1 aromatic rings. The molecular formula is C19H30ClN3O2. The Kier molecular flexibility index (Phi) is 8.65. The fourth-order valence-corrected chi connectivity index (χ4v) is 3.66. The number of aromatic nitrogens is 1. The molecule has 2 fully saturated rings. The third kappa shape index (κ3) is 6.57. The van der Waals surface area contributed by atoms with Crippen molar-refractivity contribution in [2.24, 2.45) is 5.92 Å². The van der Waals surface area contributed by atoms with Crippen LogP contribution >= 0.6 is 12.4 Å². The molecule has 0 radical (unpaired) electrons. The molecule has 1 amide bonds. The summed E-state index contributed by atoms with van der Waals surface area (Å²) >= 11 is 0. The van der Waals surface area contributed by atoms with Gasteiger partial charge in [0.1, 0.15) is 6.61 Å². The summed E-state index contributed by atoms with van der Waals surface area (Å²) in [6, 6.07) is 3.95. The highest BCUT2D eigenvalue weighted by Crippen LogP contribution is 2.20. The second-order valence-corrected chi connectivity index (χ2v) is 7.07. The molecule has 0 aromatic carbocycles. The van der Waals surface area contributed by atoms with Crippen LogP contribution in [0.25, 0.3) is 0 Å². The first-order valence-corrected chi connectivity index (χ1v) is 9.30. The highest BCUT2D eigenvalue weighted by Gasteiger charge is 2.23. The summed E-state index contributed by atoms with van der Waals surface area (Å²) in [6.07, 6.45) is 11.0. The number of halogens is 1. The Balaban J connectivity index is 0.00000225. The van der Waals surface area contributed by atoms with E-state index in [9.17, 15) is 4.79 Å². The van der Waals surface area contributed by atoms with Crippen LogP contribution in [-0.2, 0) is 16.1 Å². The standard InChI is InChI=1S/C19H29N3O2.ClH/c23-19(15-24-18-6-2-1-3-7-18)22(14-17-8-10-21-12-17)13-16-5-4-9-20-11-16;/h4-5,9,11,17-18,21H,1-3,6-8,10,12-15H2;1H. The van der Waals surface area contributed by atoms with Crippen LogP contribution in [-0.4, -0.2) is 48.1 Å². The molecule has 140 valence electrons. The van der Waals surface area contributed by atoms with Crippen molar-refractivity contribution in [3.63, 3.8) is 0 Å². The number of nitrogens with one attached hydrogen (secondary N) is 1. The Morgan fingerprint density at radius 3 is 2.80 bits per heavy atom. The molecule has 1 atom stereocenters. The average molecular weight is 368 g/mol. The Morgan fingerprint density at radius 2 is 2.12 bits per heavy atom. The van der Waals surface area contributed by atoms with Crippen LogP contribution in [0.2, 0.25) is 0 Å². The molecular weight excluding hydrogens is 338 g/mol. The minimum absolute atomic E-state index is 0. The van der Waals surface area contributed by atoms with Crippen LogP contribution in [0.3, 0.4) is 0 Å². The van der Waals surface area contributed by atoms with Gasteiger partial charge in [-0.3, -0.25) is 9.78 Å². The van der Waals surface area contributed by atoms with Crippen molar-refractivity contribution in [3.05, 3.63) is 30.1 Å². The molecule has 5 nitrogen and oxygen atoms in total. The zero-order valence-electron chi connectivity index (χ0n) is 14.9. The predicted octanol–water partition coefficient (Wildman–Crippen LogP) is 2.79. The quantitative estimate of drug-likeness (QED) is 0.805. The summed E-state index contributed by atoms with van der Waals surface area (Å²) in [5, 5.41) is 3.38. The molecule has 2 aliphatic rings. The molecule has 1 unspecified atom stereocenters. The predicted molar refractivity (Wildman–Crippen MR) is 101 cm³/mol. The van der Waals surface area contributed by atoms with Crippen LogP contribution in [0.5, 0.6) is 0 Å². The number of hydrogen-bond acceptors (Lipinski definition) is 4. The molecule has 1 N–H and O–H groups in total. The largest absolute Gasteiger partial charge is 0.368 e. The van der Waals surface area contributed by atoms with E-state index in [2.05, 4.69) is 10.3 Å². The molecule has 3 rings (SSSR count). The van der Waals surface area contributed by atoms with Crippen molar-refractivity contribution in [1.29, 1.82) is 0 Å². The summed E-state index contributed by atoms with van der Waals surface area (Å²) < 4.78 is 5.91. The van der Waals surface area contributed by atoms with Crippen molar-refractivity contribution in [2.45, 2.75) is 51.2 Å². The van der Waals surface area contributed by atoms with Crippen molar-refractivity contribution in [3.8, 4) is 0 Å². The first-order chi connectivity index (χ1) is 11.8. The van der Waals surface area contributed by atoms with Crippen LogP contribution in [0.1, 0.15) is 44.1 Å². The summed E-state index contributed by atoms with van der Waals surface area (Å²) in [7, 11) is 0. The van der Waals surface area contributed by atoms with Crippen LogP contribution < -0.4 is 5.32 Å². The van der Waals surface area contributed by atoms with Crippen molar-refractivity contribution in [2.75, 3.05) is 26.2 Å². The Morgan fingerprint density at radius 1 is 1.28 bits per heavy atom. The summed E-state index contributed by atoms with van der Waals surface area (Å²) in [4.78, 5) is 18.9. The maximum Gasteiger partial charge on any atom is 0.248 e. The number of amides is 1. The average Bonchev–Trinajstić information content (AvgIpc) is 3.14. The maximum atomic E-state index is 12.7. The van der Waals surface area contributed by atoms with Gasteiger partial charge in [-0.05, 0) is 49.9 Å². The van der Waals surface area contributed by atoms with Crippen LogP contribution in [0, 0.1) is 5.92 Å². The lowest BCUT2D eigenvalue weighted by atomic mass is 9.98. The zero-order valence-corrected chi connectivity index (χ0v) is 15.7. The van der Waals surface area contributed by atoms with Gasteiger partial charge in [0.15, 0.2) is 0 Å². The fraction of sp³-hybridized carbons (Fsp3) is 0.684. The van der Waals surface area contributed by atoms with Gasteiger partial charge >= 0.3 is 0 Å². The van der Waals surface area contributed by atoms with Crippen LogP contribution in [0.15, 0.2) is 24.5 Å². The van der Waals surface area contributed by atoms with E-state index >= 15 is 0 Å². The van der Waals surface area contributed by atoms with Gasteiger partial charge in [-0.1, -0.05) is 25.3 Å². The van der Waals surface area contributed by atoms with Crippen LogP contribution in [0.4, 0.5) is 0 Å². The SMILES string of the molecule is Cl.O=C(COC1CCCCC1)N(Cc1cccnc1)CC1CCNC1. The first-order valence-electron chi connectivity index (χ1n) is 9.30. The number of hydrogen-bond donors (Lipinski definition) is 1. The summed E-state index contributed by atoms with van der Waals surface area (Å²) in [5.41, 5.74) is 1.08. The summed E-state index contributed by atoms with van der Waals surface area (Å²) in [5.74, 6) is 0.650. The number of pyridine rings is 1. The maximum absolute atomic E-state index is 12.7. The molecule has 1 saturated carbocycles. The number of carbonyl (C=O) groups is 1. The van der Waals surface area contributed by atoms with Crippen molar-refractivity contribution >= 4 is 18.3 Å². The number of nitrogens with zero attached hydrogens (tertiary/aromatic N) is 2. The minimum atomic E-state index is 0. The molecule has 0 spiro atoms. The van der Waals surface area contributed by atoms with Crippen molar-refractivity contribution in [1.82, 2.24) is 15.2 Å².